The molecule has 2 heteroatoms. The first-order chi connectivity index (χ1) is 6.61. The summed E-state index contributed by atoms with van der Waals surface area (Å²) in [5.74, 6) is 5.14. The summed E-state index contributed by atoms with van der Waals surface area (Å²) in [5, 5.41) is 0. The lowest BCUT2D eigenvalue weighted by Crippen LogP contribution is -2.27. The molecular formula is C12H19NO. The molecule has 78 valence electrons. The lowest BCUT2D eigenvalue weighted by atomic mass is 9.82. The summed E-state index contributed by atoms with van der Waals surface area (Å²) in [5.41, 5.74) is 2.68. The van der Waals surface area contributed by atoms with Crippen LogP contribution >= 0.6 is 0 Å². The third-order valence-corrected chi connectivity index (χ3v) is 2.57. The minimum Gasteiger partial charge on any atom is -0.304 e. The van der Waals surface area contributed by atoms with Gasteiger partial charge in [0.25, 0.3) is 0 Å². The molecule has 1 aromatic rings. The first-order valence-electron chi connectivity index (χ1n) is 5.02. The average molecular weight is 193 g/mol. The zero-order chi connectivity index (χ0) is 10.6. The standard InChI is InChI=1S/C12H19NO/c1-4-10-7-5-6-8-11(10)12(2,3)9-14-13/h5-8H,4,9,13H2,1-3H3. The number of nitrogens with two attached hydrogens (primary N) is 1. The summed E-state index contributed by atoms with van der Waals surface area (Å²) in [6.45, 7) is 7.00. The predicted octanol–water partition coefficient (Wildman–Crippen LogP) is 2.42. The quantitative estimate of drug-likeness (QED) is 0.745. The van der Waals surface area contributed by atoms with Gasteiger partial charge in [-0.15, -0.1) is 0 Å². The van der Waals surface area contributed by atoms with Gasteiger partial charge in [0.05, 0.1) is 6.61 Å². The normalized spacial score (nSPS) is 11.7. The predicted molar refractivity (Wildman–Crippen MR) is 59.0 cm³/mol. The van der Waals surface area contributed by atoms with Gasteiger partial charge in [-0.2, -0.15) is 0 Å². The molecule has 0 amide bonds. The SMILES string of the molecule is CCc1ccccc1C(C)(C)CON. The van der Waals surface area contributed by atoms with Crippen molar-refractivity contribution in [3.63, 3.8) is 0 Å². The molecule has 0 radical (unpaired) electrons. The van der Waals surface area contributed by atoms with E-state index in [-0.39, 0.29) is 5.41 Å². The molecule has 0 aliphatic heterocycles. The van der Waals surface area contributed by atoms with Gasteiger partial charge in [-0.3, -0.25) is 0 Å². The van der Waals surface area contributed by atoms with Crippen LogP contribution in [0, 0.1) is 0 Å². The summed E-state index contributed by atoms with van der Waals surface area (Å²) in [6, 6.07) is 8.44. The Morgan fingerprint density at radius 3 is 2.50 bits per heavy atom. The summed E-state index contributed by atoms with van der Waals surface area (Å²) in [7, 11) is 0. The van der Waals surface area contributed by atoms with Crippen LogP contribution in [0.25, 0.3) is 0 Å². The van der Waals surface area contributed by atoms with Crippen LogP contribution < -0.4 is 5.90 Å². The number of hydrogen-bond donors (Lipinski definition) is 1. The van der Waals surface area contributed by atoms with E-state index in [1.165, 1.54) is 11.1 Å². The lowest BCUT2D eigenvalue weighted by Gasteiger charge is -2.26. The van der Waals surface area contributed by atoms with E-state index in [0.717, 1.165) is 6.42 Å². The van der Waals surface area contributed by atoms with Gasteiger partial charge in [0.2, 0.25) is 0 Å². The second-order valence-electron chi connectivity index (χ2n) is 4.21. The van der Waals surface area contributed by atoms with E-state index in [9.17, 15) is 0 Å². The number of rotatable bonds is 4. The third kappa shape index (κ3) is 2.34. The number of aryl methyl sites for hydroxylation is 1. The monoisotopic (exact) mass is 193 g/mol. The van der Waals surface area contributed by atoms with Crippen molar-refractivity contribution in [1.82, 2.24) is 0 Å². The molecule has 0 spiro atoms. The van der Waals surface area contributed by atoms with E-state index < -0.39 is 0 Å². The maximum Gasteiger partial charge on any atom is 0.0770 e. The number of benzene rings is 1. The van der Waals surface area contributed by atoms with E-state index in [1.807, 2.05) is 0 Å². The van der Waals surface area contributed by atoms with Crippen LogP contribution in [0.2, 0.25) is 0 Å². The fourth-order valence-corrected chi connectivity index (χ4v) is 1.77. The molecular weight excluding hydrogens is 174 g/mol. The molecule has 0 saturated heterocycles. The van der Waals surface area contributed by atoms with Crippen LogP contribution in [-0.4, -0.2) is 6.61 Å². The van der Waals surface area contributed by atoms with Crippen molar-refractivity contribution in [1.29, 1.82) is 0 Å². The molecule has 0 bridgehead atoms. The molecule has 0 heterocycles. The summed E-state index contributed by atoms with van der Waals surface area (Å²) in [4.78, 5) is 4.76. The highest BCUT2D eigenvalue weighted by Gasteiger charge is 2.22. The molecule has 1 rings (SSSR count). The summed E-state index contributed by atoms with van der Waals surface area (Å²) < 4.78 is 0. The van der Waals surface area contributed by atoms with Gasteiger partial charge in [0, 0.05) is 5.41 Å². The molecule has 0 aliphatic carbocycles. The Labute approximate surface area is 86.0 Å². The van der Waals surface area contributed by atoms with Crippen LogP contribution in [0.15, 0.2) is 24.3 Å². The number of hydrogen-bond acceptors (Lipinski definition) is 2. The van der Waals surface area contributed by atoms with Gasteiger partial charge in [0.15, 0.2) is 0 Å². The molecule has 0 saturated carbocycles. The maximum atomic E-state index is 5.14. The van der Waals surface area contributed by atoms with Crippen molar-refractivity contribution >= 4 is 0 Å². The second-order valence-corrected chi connectivity index (χ2v) is 4.21. The fraction of sp³-hybridized carbons (Fsp3) is 0.500. The Kier molecular flexibility index (Phi) is 3.67. The van der Waals surface area contributed by atoms with Crippen molar-refractivity contribution in [2.75, 3.05) is 6.61 Å². The van der Waals surface area contributed by atoms with Crippen molar-refractivity contribution in [3.05, 3.63) is 35.4 Å². The minimum atomic E-state index is -0.0125. The van der Waals surface area contributed by atoms with E-state index in [4.69, 9.17) is 10.7 Å². The molecule has 14 heavy (non-hydrogen) atoms. The highest BCUT2D eigenvalue weighted by Crippen LogP contribution is 2.26. The molecule has 2 nitrogen and oxygen atoms in total. The van der Waals surface area contributed by atoms with Crippen LogP contribution in [-0.2, 0) is 16.7 Å². The Morgan fingerprint density at radius 2 is 1.93 bits per heavy atom. The van der Waals surface area contributed by atoms with Crippen molar-refractivity contribution in [2.45, 2.75) is 32.6 Å². The van der Waals surface area contributed by atoms with E-state index in [0.29, 0.717) is 6.61 Å². The second kappa shape index (κ2) is 4.58. The Balaban J connectivity index is 3.04. The highest BCUT2D eigenvalue weighted by atomic mass is 16.6. The Hall–Kier alpha value is -0.860. The van der Waals surface area contributed by atoms with Crippen LogP contribution in [0.5, 0.6) is 0 Å². The van der Waals surface area contributed by atoms with Gasteiger partial charge in [0.1, 0.15) is 0 Å². The smallest absolute Gasteiger partial charge is 0.0770 e. The van der Waals surface area contributed by atoms with Gasteiger partial charge in [-0.05, 0) is 17.5 Å². The fourth-order valence-electron chi connectivity index (χ4n) is 1.77. The maximum absolute atomic E-state index is 5.14. The van der Waals surface area contributed by atoms with Crippen molar-refractivity contribution in [2.24, 2.45) is 5.90 Å². The lowest BCUT2D eigenvalue weighted by molar-refractivity contribution is 0.0961. The van der Waals surface area contributed by atoms with Crippen molar-refractivity contribution in [3.8, 4) is 0 Å². The molecule has 1 aromatic carbocycles. The Bertz CT molecular complexity index is 294. The van der Waals surface area contributed by atoms with Crippen LogP contribution in [0.1, 0.15) is 31.9 Å². The molecule has 0 aliphatic rings. The molecule has 0 atom stereocenters. The topological polar surface area (TPSA) is 35.2 Å². The molecule has 0 aromatic heterocycles. The summed E-state index contributed by atoms with van der Waals surface area (Å²) in [6.07, 6.45) is 1.05. The van der Waals surface area contributed by atoms with Crippen LogP contribution in [0.4, 0.5) is 0 Å². The highest BCUT2D eigenvalue weighted by molar-refractivity contribution is 5.33. The van der Waals surface area contributed by atoms with E-state index >= 15 is 0 Å². The van der Waals surface area contributed by atoms with Gasteiger partial charge in [-0.25, -0.2) is 5.90 Å². The van der Waals surface area contributed by atoms with Gasteiger partial charge >= 0.3 is 0 Å². The zero-order valence-corrected chi connectivity index (χ0v) is 9.21. The molecule has 0 fully saturated rings. The van der Waals surface area contributed by atoms with Gasteiger partial charge < -0.3 is 4.84 Å². The first-order valence-corrected chi connectivity index (χ1v) is 5.02. The largest absolute Gasteiger partial charge is 0.304 e. The van der Waals surface area contributed by atoms with E-state index in [1.54, 1.807) is 0 Å². The van der Waals surface area contributed by atoms with Crippen molar-refractivity contribution < 1.29 is 4.84 Å². The molecule has 0 unspecified atom stereocenters. The minimum absolute atomic E-state index is 0.0125. The van der Waals surface area contributed by atoms with Gasteiger partial charge in [-0.1, -0.05) is 45.0 Å². The van der Waals surface area contributed by atoms with E-state index in [2.05, 4.69) is 45.0 Å². The first kappa shape index (κ1) is 11.2. The third-order valence-electron chi connectivity index (χ3n) is 2.57. The van der Waals surface area contributed by atoms with Crippen LogP contribution in [0.3, 0.4) is 0 Å². The Morgan fingerprint density at radius 1 is 1.29 bits per heavy atom. The summed E-state index contributed by atoms with van der Waals surface area (Å²) >= 11 is 0. The molecule has 2 N–H and O–H groups in total. The average Bonchev–Trinajstić information content (AvgIpc) is 2.18. The zero-order valence-electron chi connectivity index (χ0n) is 9.21.